The summed E-state index contributed by atoms with van der Waals surface area (Å²) in [7, 11) is -3.31. The van der Waals surface area contributed by atoms with Crippen LogP contribution < -0.4 is 4.72 Å². The monoisotopic (exact) mass is 388 g/mol. The molecule has 1 aromatic heterocycles. The third kappa shape index (κ3) is 3.80. The van der Waals surface area contributed by atoms with Gasteiger partial charge in [-0.3, -0.25) is 0 Å². The van der Waals surface area contributed by atoms with Gasteiger partial charge in [0.1, 0.15) is 0 Å². The summed E-state index contributed by atoms with van der Waals surface area (Å²) in [5.74, 6) is 0.111. The molecule has 0 aliphatic heterocycles. The van der Waals surface area contributed by atoms with E-state index in [0.29, 0.717) is 17.9 Å². The molecule has 1 aliphatic rings. The van der Waals surface area contributed by atoms with Crippen molar-refractivity contribution in [1.29, 1.82) is 0 Å². The highest BCUT2D eigenvalue weighted by molar-refractivity contribution is 7.89. The summed E-state index contributed by atoms with van der Waals surface area (Å²) in [4.78, 5) is 3.44. The molecule has 0 amide bonds. The Hall–Kier alpha value is -1.82. The van der Waals surface area contributed by atoms with E-state index in [0.717, 1.165) is 29.3 Å². The number of H-pyrrole nitrogens is 1. The van der Waals surface area contributed by atoms with Crippen LogP contribution in [0.25, 0.3) is 10.9 Å². The second-order valence-corrected chi connectivity index (χ2v) is 9.19. The summed E-state index contributed by atoms with van der Waals surface area (Å²) in [5, 5.41) is 1.80. The van der Waals surface area contributed by atoms with Crippen LogP contribution in [0.15, 0.2) is 48.5 Å². The van der Waals surface area contributed by atoms with Crippen molar-refractivity contribution in [3.63, 3.8) is 0 Å². The van der Waals surface area contributed by atoms with E-state index in [9.17, 15) is 8.42 Å². The molecule has 1 unspecified atom stereocenters. The van der Waals surface area contributed by atoms with Gasteiger partial charge in [-0.05, 0) is 55.0 Å². The Bertz CT molecular complexity index is 1030. The minimum Gasteiger partial charge on any atom is -0.358 e. The number of rotatable bonds is 5. The molecule has 26 heavy (non-hydrogen) atoms. The van der Waals surface area contributed by atoms with Gasteiger partial charge in [0.15, 0.2) is 0 Å². The number of hydrogen-bond donors (Lipinski definition) is 2. The highest BCUT2D eigenvalue weighted by Gasteiger charge is 2.25. The average molecular weight is 389 g/mol. The summed E-state index contributed by atoms with van der Waals surface area (Å²) in [5.41, 5.74) is 4.48. The zero-order valence-corrected chi connectivity index (χ0v) is 15.9. The van der Waals surface area contributed by atoms with E-state index < -0.39 is 10.0 Å². The fourth-order valence-electron chi connectivity index (χ4n) is 3.70. The summed E-state index contributed by atoms with van der Waals surface area (Å²) in [6, 6.07) is 15.4. The summed E-state index contributed by atoms with van der Waals surface area (Å²) in [6.07, 6.45) is 2.86. The van der Waals surface area contributed by atoms with Gasteiger partial charge < -0.3 is 4.98 Å². The van der Waals surface area contributed by atoms with Gasteiger partial charge in [-0.25, -0.2) is 13.1 Å². The molecule has 0 bridgehead atoms. The van der Waals surface area contributed by atoms with E-state index in [-0.39, 0.29) is 11.8 Å². The van der Waals surface area contributed by atoms with Crippen LogP contribution in [0.1, 0.15) is 23.2 Å². The molecule has 2 N–H and O–H groups in total. The largest absolute Gasteiger partial charge is 0.358 e. The number of halogens is 1. The Kier molecular flexibility index (Phi) is 4.78. The van der Waals surface area contributed by atoms with Crippen molar-refractivity contribution in [2.75, 3.05) is 5.75 Å². The number of fused-ring (bicyclic) bond motifs is 3. The van der Waals surface area contributed by atoms with Gasteiger partial charge >= 0.3 is 0 Å². The Morgan fingerprint density at radius 1 is 1.15 bits per heavy atom. The number of hydrogen-bond acceptors (Lipinski definition) is 2. The van der Waals surface area contributed by atoms with Crippen molar-refractivity contribution in [2.24, 2.45) is 0 Å². The number of benzene rings is 2. The fourth-order valence-corrected chi connectivity index (χ4v) is 5.20. The minimum atomic E-state index is -3.31. The molecule has 3 aromatic rings. The Labute approximate surface area is 158 Å². The molecule has 1 aliphatic carbocycles. The van der Waals surface area contributed by atoms with E-state index in [2.05, 4.69) is 9.71 Å². The van der Waals surface area contributed by atoms with E-state index in [1.54, 1.807) is 0 Å². The van der Waals surface area contributed by atoms with Crippen LogP contribution in [0.3, 0.4) is 0 Å². The molecule has 1 heterocycles. The smallest absolute Gasteiger partial charge is 0.212 e. The minimum absolute atomic E-state index is 0.0683. The molecular formula is C20H21ClN2O2S. The first kappa shape index (κ1) is 17.6. The molecule has 4 rings (SSSR count). The molecule has 4 nitrogen and oxygen atoms in total. The summed E-state index contributed by atoms with van der Waals surface area (Å²) >= 11 is 6.14. The van der Waals surface area contributed by atoms with Gasteiger partial charge in [-0.2, -0.15) is 0 Å². The second-order valence-electron chi connectivity index (χ2n) is 6.88. The Morgan fingerprint density at radius 3 is 2.77 bits per heavy atom. The predicted octanol–water partition coefficient (Wildman–Crippen LogP) is 3.84. The third-order valence-corrected chi connectivity index (χ3v) is 6.67. The fraction of sp³-hybridized carbons (Fsp3) is 0.300. The number of sulfonamides is 1. The zero-order chi connectivity index (χ0) is 18.1. The lowest BCUT2D eigenvalue weighted by molar-refractivity contribution is 0.506. The molecule has 0 radical (unpaired) electrons. The Balaban J connectivity index is 1.46. The van der Waals surface area contributed by atoms with E-state index >= 15 is 0 Å². The van der Waals surface area contributed by atoms with Crippen molar-refractivity contribution in [2.45, 2.75) is 31.7 Å². The van der Waals surface area contributed by atoms with Crippen molar-refractivity contribution in [3.8, 4) is 0 Å². The number of aromatic amines is 1. The van der Waals surface area contributed by atoms with E-state index in [1.807, 2.05) is 48.5 Å². The van der Waals surface area contributed by atoms with Crippen LogP contribution in [0.5, 0.6) is 0 Å². The van der Waals surface area contributed by atoms with Crippen LogP contribution in [0, 0.1) is 0 Å². The number of aryl methyl sites for hydroxylation is 2. The standard InChI is InChI=1S/C20H21ClN2O2S/c21-15-6-8-19-17(12-15)18-13-16(7-9-20(18)22-19)23-26(24,25)11-10-14-4-2-1-3-5-14/h1-6,8,12,16,22-23H,7,9-11,13H2. The molecular weight excluding hydrogens is 368 g/mol. The van der Waals surface area contributed by atoms with Gasteiger partial charge in [-0.1, -0.05) is 41.9 Å². The molecule has 6 heteroatoms. The van der Waals surface area contributed by atoms with Crippen molar-refractivity contribution in [1.82, 2.24) is 9.71 Å². The maximum absolute atomic E-state index is 12.5. The van der Waals surface area contributed by atoms with Crippen molar-refractivity contribution < 1.29 is 8.42 Å². The average Bonchev–Trinajstić information content (AvgIpc) is 2.98. The maximum Gasteiger partial charge on any atom is 0.212 e. The lowest BCUT2D eigenvalue weighted by atomic mass is 9.92. The predicted molar refractivity (Wildman–Crippen MR) is 106 cm³/mol. The van der Waals surface area contributed by atoms with Gasteiger partial charge in [0, 0.05) is 27.7 Å². The normalized spacial score (nSPS) is 17.3. The summed E-state index contributed by atoms with van der Waals surface area (Å²) in [6.45, 7) is 0. The highest BCUT2D eigenvalue weighted by atomic mass is 35.5. The lowest BCUT2D eigenvalue weighted by Gasteiger charge is -2.23. The van der Waals surface area contributed by atoms with Gasteiger partial charge in [0.05, 0.1) is 5.75 Å². The maximum atomic E-state index is 12.5. The van der Waals surface area contributed by atoms with Crippen LogP contribution in [0.4, 0.5) is 0 Å². The molecule has 136 valence electrons. The van der Waals surface area contributed by atoms with E-state index in [1.165, 1.54) is 11.3 Å². The first-order chi connectivity index (χ1) is 12.5. The molecule has 2 aromatic carbocycles. The first-order valence-corrected chi connectivity index (χ1v) is 10.9. The van der Waals surface area contributed by atoms with Crippen molar-refractivity contribution in [3.05, 3.63) is 70.4 Å². The zero-order valence-electron chi connectivity index (χ0n) is 14.3. The Morgan fingerprint density at radius 2 is 1.96 bits per heavy atom. The van der Waals surface area contributed by atoms with Gasteiger partial charge in [0.25, 0.3) is 0 Å². The molecule has 0 saturated heterocycles. The first-order valence-electron chi connectivity index (χ1n) is 8.83. The van der Waals surface area contributed by atoms with Crippen LogP contribution in [0.2, 0.25) is 5.02 Å². The summed E-state index contributed by atoms with van der Waals surface area (Å²) < 4.78 is 27.9. The van der Waals surface area contributed by atoms with Crippen LogP contribution in [-0.2, 0) is 29.3 Å². The third-order valence-electron chi connectivity index (χ3n) is 5.00. The number of nitrogens with one attached hydrogen (secondary N) is 2. The molecule has 0 spiro atoms. The van der Waals surface area contributed by atoms with Gasteiger partial charge in [-0.15, -0.1) is 0 Å². The van der Waals surface area contributed by atoms with Gasteiger partial charge in [0.2, 0.25) is 10.0 Å². The molecule has 0 saturated carbocycles. The topological polar surface area (TPSA) is 62.0 Å². The van der Waals surface area contributed by atoms with Crippen LogP contribution >= 0.6 is 11.6 Å². The van der Waals surface area contributed by atoms with E-state index in [4.69, 9.17) is 11.6 Å². The van der Waals surface area contributed by atoms with Crippen LogP contribution in [-0.4, -0.2) is 25.2 Å². The second kappa shape index (κ2) is 7.06. The van der Waals surface area contributed by atoms with Crippen molar-refractivity contribution >= 4 is 32.5 Å². The SMILES string of the molecule is O=S(=O)(CCc1ccccc1)NC1CCc2[nH]c3ccc(Cl)cc3c2C1. The number of aromatic nitrogens is 1. The lowest BCUT2D eigenvalue weighted by Crippen LogP contribution is -2.40. The quantitative estimate of drug-likeness (QED) is 0.697. The highest BCUT2D eigenvalue weighted by Crippen LogP contribution is 2.31. The molecule has 1 atom stereocenters. The molecule has 0 fully saturated rings.